The molecule has 0 spiro atoms. The second-order valence-electron chi connectivity index (χ2n) is 5.72. The number of fused-ring (bicyclic) bond motifs is 1. The van der Waals surface area contributed by atoms with Gasteiger partial charge >= 0.3 is 0 Å². The fourth-order valence-electron chi connectivity index (χ4n) is 2.41. The number of ketones is 2. The third-order valence-corrected chi connectivity index (χ3v) is 3.76. The predicted octanol–water partition coefficient (Wildman–Crippen LogP) is 3.19. The number of furan rings is 1. The van der Waals surface area contributed by atoms with E-state index in [-0.39, 0.29) is 22.9 Å². The minimum atomic E-state index is -1.35. The van der Waals surface area contributed by atoms with Crippen molar-refractivity contribution in [2.75, 3.05) is 0 Å². The third-order valence-electron chi connectivity index (χ3n) is 3.76. The van der Waals surface area contributed by atoms with E-state index < -0.39 is 12.0 Å². The Kier molecular flexibility index (Phi) is 6.42. The molecule has 2 rings (SSSR count). The Morgan fingerprint density at radius 2 is 1.85 bits per heavy atom. The molecule has 26 heavy (non-hydrogen) atoms. The van der Waals surface area contributed by atoms with E-state index in [0.29, 0.717) is 5.58 Å². The van der Waals surface area contributed by atoms with Gasteiger partial charge in [0.1, 0.15) is 5.58 Å². The van der Waals surface area contributed by atoms with Crippen LogP contribution in [0, 0.1) is 17.2 Å². The Hall–Kier alpha value is -3.23. The van der Waals surface area contributed by atoms with E-state index in [4.69, 9.17) is 4.42 Å². The molecule has 0 saturated heterocycles. The predicted molar refractivity (Wildman–Crippen MR) is 95.8 cm³/mol. The molecule has 2 aromatic rings. The highest BCUT2D eigenvalue weighted by Gasteiger charge is 2.14. The van der Waals surface area contributed by atoms with Crippen LogP contribution in [0.25, 0.3) is 11.0 Å². The number of benzene rings is 1. The minimum absolute atomic E-state index is 0.0930. The van der Waals surface area contributed by atoms with Gasteiger partial charge < -0.3 is 9.52 Å². The molecule has 0 N–H and O–H groups in total. The second kappa shape index (κ2) is 8.75. The first kappa shape index (κ1) is 19.1. The van der Waals surface area contributed by atoms with Gasteiger partial charge in [0.15, 0.2) is 11.6 Å². The summed E-state index contributed by atoms with van der Waals surface area (Å²) in [4.78, 5) is 22.6. The van der Waals surface area contributed by atoms with Crippen LogP contribution in [-0.4, -0.2) is 11.6 Å². The number of para-hydroxylation sites is 1. The Bertz CT molecular complexity index is 891. The van der Waals surface area contributed by atoms with E-state index in [1.54, 1.807) is 18.2 Å². The van der Waals surface area contributed by atoms with Gasteiger partial charge in [-0.25, -0.2) is 0 Å². The normalized spacial score (nSPS) is 13.6. The van der Waals surface area contributed by atoms with Gasteiger partial charge in [0, 0.05) is 5.39 Å². The molecule has 132 valence electrons. The molecule has 0 radical (unpaired) electrons. The van der Waals surface area contributed by atoms with Gasteiger partial charge in [-0.15, -0.1) is 0 Å². The summed E-state index contributed by atoms with van der Waals surface area (Å²) < 4.78 is 5.52. The van der Waals surface area contributed by atoms with Gasteiger partial charge in [0.2, 0.25) is 0 Å². The lowest BCUT2D eigenvalue weighted by Crippen LogP contribution is -2.22. The average molecular weight is 348 g/mol. The molecule has 0 aliphatic carbocycles. The lowest BCUT2D eigenvalue weighted by atomic mass is 10.0. The molecule has 0 fully saturated rings. The molecule has 0 saturated carbocycles. The van der Waals surface area contributed by atoms with Gasteiger partial charge in [-0.05, 0) is 38.2 Å². The zero-order chi connectivity index (χ0) is 19.1. The standard InChI is InChI=1S/C21H18NO4/c1-14(23)18(15(2)24)10-5-3-4-9-17(13-22)21(25)20-12-16-8-6-7-11-19(16)26-20/h3-12,17,21H,1-2H3/q-1/b5-3+,9-4+. The largest absolute Gasteiger partial charge is 0.845 e. The highest BCUT2D eigenvalue weighted by Crippen LogP contribution is 2.26. The van der Waals surface area contributed by atoms with Gasteiger partial charge in [0.05, 0.1) is 23.3 Å². The minimum Gasteiger partial charge on any atom is -0.845 e. The van der Waals surface area contributed by atoms with E-state index >= 15 is 0 Å². The summed E-state index contributed by atoms with van der Waals surface area (Å²) in [5, 5.41) is 22.6. The molecule has 0 amide bonds. The maximum Gasteiger partial charge on any atom is 0.163 e. The zero-order valence-corrected chi connectivity index (χ0v) is 14.5. The number of nitrogens with zero attached hydrogens (tertiary/aromatic N) is 1. The summed E-state index contributed by atoms with van der Waals surface area (Å²) in [6.07, 6.45) is 6.14. The van der Waals surface area contributed by atoms with Crippen molar-refractivity contribution in [3.05, 3.63) is 72.0 Å². The lowest BCUT2D eigenvalue weighted by Gasteiger charge is -2.22. The molecular weight excluding hydrogens is 330 g/mol. The summed E-state index contributed by atoms with van der Waals surface area (Å²) in [7, 11) is 0. The maximum absolute atomic E-state index is 12.5. The SMILES string of the molecule is CC(=O)C(=C/C=C/C=C/C(C#N)C([O-])c1cc2ccccc2o1)C(C)=O. The van der Waals surface area contributed by atoms with Crippen LogP contribution in [0.1, 0.15) is 25.7 Å². The summed E-state index contributed by atoms with van der Waals surface area (Å²) in [5.74, 6) is -1.33. The Labute approximate surface area is 151 Å². The monoisotopic (exact) mass is 348 g/mol. The van der Waals surface area contributed by atoms with Crippen molar-refractivity contribution >= 4 is 22.5 Å². The fourth-order valence-corrected chi connectivity index (χ4v) is 2.41. The first-order valence-corrected chi connectivity index (χ1v) is 8.05. The van der Waals surface area contributed by atoms with Crippen LogP contribution >= 0.6 is 0 Å². The van der Waals surface area contributed by atoms with Crippen molar-refractivity contribution < 1.29 is 19.1 Å². The van der Waals surface area contributed by atoms with Crippen molar-refractivity contribution in [3.8, 4) is 6.07 Å². The number of carbonyl (C=O) groups is 2. The zero-order valence-electron chi connectivity index (χ0n) is 14.5. The first-order chi connectivity index (χ1) is 12.4. The van der Waals surface area contributed by atoms with Crippen molar-refractivity contribution in [1.29, 1.82) is 5.26 Å². The van der Waals surface area contributed by atoms with Crippen LogP contribution in [0.4, 0.5) is 0 Å². The van der Waals surface area contributed by atoms with E-state index in [1.807, 2.05) is 24.3 Å². The maximum atomic E-state index is 12.5. The number of nitriles is 1. The Morgan fingerprint density at radius 3 is 2.46 bits per heavy atom. The number of hydrogen-bond donors (Lipinski definition) is 0. The Balaban J connectivity index is 2.10. The second-order valence-corrected chi connectivity index (χ2v) is 5.72. The molecule has 2 atom stereocenters. The molecule has 5 nitrogen and oxygen atoms in total. The Morgan fingerprint density at radius 1 is 1.15 bits per heavy atom. The summed E-state index contributed by atoms with van der Waals surface area (Å²) >= 11 is 0. The lowest BCUT2D eigenvalue weighted by molar-refractivity contribution is -0.436. The molecule has 2 unspecified atom stereocenters. The molecule has 1 aromatic heterocycles. The van der Waals surface area contributed by atoms with Gasteiger partial charge in [0.25, 0.3) is 0 Å². The van der Waals surface area contributed by atoms with Gasteiger partial charge in [-0.3, -0.25) is 9.59 Å². The smallest absolute Gasteiger partial charge is 0.163 e. The molecule has 1 aromatic carbocycles. The van der Waals surface area contributed by atoms with Gasteiger partial charge in [-0.1, -0.05) is 42.5 Å². The average Bonchev–Trinajstić information content (AvgIpc) is 3.04. The topological polar surface area (TPSA) is 94.1 Å². The van der Waals surface area contributed by atoms with E-state index in [2.05, 4.69) is 0 Å². The van der Waals surface area contributed by atoms with Crippen LogP contribution in [-0.2, 0) is 9.59 Å². The van der Waals surface area contributed by atoms with Crippen LogP contribution in [0.3, 0.4) is 0 Å². The molecule has 0 aliphatic heterocycles. The highest BCUT2D eigenvalue weighted by atomic mass is 16.4. The van der Waals surface area contributed by atoms with Gasteiger partial charge in [-0.2, -0.15) is 5.26 Å². The van der Waals surface area contributed by atoms with E-state index in [0.717, 1.165) is 5.39 Å². The van der Waals surface area contributed by atoms with Crippen molar-refractivity contribution in [2.45, 2.75) is 20.0 Å². The number of allylic oxidation sites excluding steroid dienone is 5. The van der Waals surface area contributed by atoms with Crippen LogP contribution in [0.2, 0.25) is 0 Å². The number of rotatable bonds is 7. The fraction of sp³-hybridized carbons (Fsp3) is 0.190. The summed E-state index contributed by atoms with van der Waals surface area (Å²) in [6, 6.07) is 10.9. The van der Waals surface area contributed by atoms with Crippen molar-refractivity contribution in [1.82, 2.24) is 0 Å². The van der Waals surface area contributed by atoms with E-state index in [1.165, 1.54) is 38.2 Å². The van der Waals surface area contributed by atoms with Crippen molar-refractivity contribution in [2.24, 2.45) is 5.92 Å². The quantitative estimate of drug-likeness (QED) is 0.331. The molecule has 5 heteroatoms. The number of Topliss-reactive ketones (excluding diaryl/α,β-unsaturated/α-hetero) is 2. The molecule has 1 heterocycles. The first-order valence-electron chi connectivity index (χ1n) is 8.05. The number of hydrogen-bond acceptors (Lipinski definition) is 5. The molecule has 0 bridgehead atoms. The van der Waals surface area contributed by atoms with E-state index in [9.17, 15) is 20.0 Å². The highest BCUT2D eigenvalue weighted by molar-refractivity contribution is 6.18. The third kappa shape index (κ3) is 4.65. The summed E-state index contributed by atoms with van der Waals surface area (Å²) in [5.41, 5.74) is 0.700. The van der Waals surface area contributed by atoms with Crippen molar-refractivity contribution in [3.63, 3.8) is 0 Å². The summed E-state index contributed by atoms with van der Waals surface area (Å²) in [6.45, 7) is 2.63. The van der Waals surface area contributed by atoms with Crippen LogP contribution in [0.5, 0.6) is 0 Å². The molecular formula is C21H18NO4-. The van der Waals surface area contributed by atoms with Crippen LogP contribution in [0.15, 0.2) is 70.7 Å². The molecule has 0 aliphatic rings. The van der Waals surface area contributed by atoms with Crippen LogP contribution < -0.4 is 5.11 Å². The number of carbonyl (C=O) groups excluding carboxylic acids is 2.